The highest BCUT2D eigenvalue weighted by Crippen LogP contribution is 2.29. The third-order valence-electron chi connectivity index (χ3n) is 5.26. The third kappa shape index (κ3) is 6.48. The average molecular weight is 361 g/mol. The van der Waals surface area contributed by atoms with Gasteiger partial charge in [0.1, 0.15) is 0 Å². The monoisotopic (exact) mass is 360 g/mol. The Balaban J connectivity index is 1.26. The Kier molecular flexibility index (Phi) is 7.12. The number of ether oxygens (including phenoxy) is 1. The summed E-state index contributed by atoms with van der Waals surface area (Å²) in [6.07, 6.45) is 9.25. The van der Waals surface area contributed by atoms with Crippen molar-refractivity contribution < 1.29 is 9.53 Å². The second kappa shape index (κ2) is 9.76. The molecule has 1 aliphatic heterocycles. The van der Waals surface area contributed by atoms with Gasteiger partial charge in [-0.1, -0.05) is 12.5 Å². The van der Waals surface area contributed by atoms with Gasteiger partial charge in [-0.3, -0.25) is 0 Å². The van der Waals surface area contributed by atoms with E-state index in [1.165, 1.54) is 38.6 Å². The maximum absolute atomic E-state index is 11.9. The van der Waals surface area contributed by atoms with Gasteiger partial charge in [-0.05, 0) is 57.1 Å². The summed E-state index contributed by atoms with van der Waals surface area (Å²) in [5.41, 5.74) is 0.973. The van der Waals surface area contributed by atoms with Crippen molar-refractivity contribution in [1.29, 1.82) is 0 Å². The minimum atomic E-state index is -0.120. The van der Waals surface area contributed by atoms with Gasteiger partial charge in [0.25, 0.3) is 0 Å². The van der Waals surface area contributed by atoms with Crippen LogP contribution in [0.5, 0.6) is 5.88 Å². The number of carbonyl (C=O) groups is 1. The first kappa shape index (κ1) is 19.0. The van der Waals surface area contributed by atoms with E-state index in [-0.39, 0.29) is 6.03 Å². The van der Waals surface area contributed by atoms with E-state index in [0.717, 1.165) is 31.1 Å². The van der Waals surface area contributed by atoms with Crippen molar-refractivity contribution >= 4 is 6.03 Å². The molecule has 3 rings (SSSR count). The van der Waals surface area contributed by atoms with Crippen LogP contribution >= 0.6 is 0 Å². The van der Waals surface area contributed by atoms with Crippen LogP contribution in [0.3, 0.4) is 0 Å². The molecule has 1 saturated heterocycles. The standard InChI is InChI=1S/C20H32N4O2/c1-16-5-2-3-11-24(16)12-4-10-21-20(25)23-14-18-8-9-19(22-13-18)26-15-17-6-7-17/h8-9,13,16-17H,2-7,10-12,14-15H2,1H3,(H2,21,23,25)/t16-/m1/s1. The number of nitrogens with one attached hydrogen (secondary N) is 2. The summed E-state index contributed by atoms with van der Waals surface area (Å²) in [4.78, 5) is 18.7. The Morgan fingerprint density at radius 2 is 2.15 bits per heavy atom. The molecule has 1 atom stereocenters. The van der Waals surface area contributed by atoms with Gasteiger partial charge in [0.05, 0.1) is 6.61 Å². The number of amides is 2. The first-order valence-electron chi connectivity index (χ1n) is 10.0. The van der Waals surface area contributed by atoms with Crippen molar-refractivity contribution in [1.82, 2.24) is 20.5 Å². The van der Waals surface area contributed by atoms with Crippen molar-refractivity contribution in [3.8, 4) is 5.88 Å². The molecular weight excluding hydrogens is 328 g/mol. The summed E-state index contributed by atoms with van der Waals surface area (Å²) in [6.45, 7) is 6.51. The van der Waals surface area contributed by atoms with Crippen LogP contribution < -0.4 is 15.4 Å². The SMILES string of the molecule is C[C@@H]1CCCCN1CCCNC(=O)NCc1ccc(OCC2CC2)nc1. The van der Waals surface area contributed by atoms with Crippen LogP contribution in [0.15, 0.2) is 18.3 Å². The van der Waals surface area contributed by atoms with Crippen molar-refractivity contribution in [3.63, 3.8) is 0 Å². The van der Waals surface area contributed by atoms with E-state index in [0.29, 0.717) is 25.0 Å². The summed E-state index contributed by atoms with van der Waals surface area (Å²) in [6, 6.07) is 4.39. The lowest BCUT2D eigenvalue weighted by atomic mass is 10.0. The zero-order chi connectivity index (χ0) is 18.2. The minimum Gasteiger partial charge on any atom is -0.477 e. The van der Waals surface area contributed by atoms with E-state index in [4.69, 9.17) is 4.74 Å². The lowest BCUT2D eigenvalue weighted by Gasteiger charge is -2.33. The number of pyridine rings is 1. The zero-order valence-corrected chi connectivity index (χ0v) is 15.9. The summed E-state index contributed by atoms with van der Waals surface area (Å²) in [5.74, 6) is 1.39. The van der Waals surface area contributed by atoms with E-state index in [9.17, 15) is 4.79 Å². The first-order chi connectivity index (χ1) is 12.7. The maximum Gasteiger partial charge on any atom is 0.315 e. The van der Waals surface area contributed by atoms with Crippen LogP contribution in [0.2, 0.25) is 0 Å². The fraction of sp³-hybridized carbons (Fsp3) is 0.700. The van der Waals surface area contributed by atoms with Crippen LogP contribution in [-0.2, 0) is 6.54 Å². The quantitative estimate of drug-likeness (QED) is 0.665. The summed E-state index contributed by atoms with van der Waals surface area (Å²) < 4.78 is 5.62. The molecule has 0 bridgehead atoms. The van der Waals surface area contributed by atoms with Crippen molar-refractivity contribution in [2.24, 2.45) is 5.92 Å². The second-order valence-electron chi connectivity index (χ2n) is 7.60. The number of aromatic nitrogens is 1. The van der Waals surface area contributed by atoms with Crippen LogP contribution in [-0.4, -0.2) is 48.2 Å². The Labute approximate surface area is 156 Å². The van der Waals surface area contributed by atoms with Gasteiger partial charge in [0.2, 0.25) is 5.88 Å². The van der Waals surface area contributed by atoms with Crippen molar-refractivity contribution in [2.75, 3.05) is 26.2 Å². The smallest absolute Gasteiger partial charge is 0.315 e. The molecule has 0 spiro atoms. The number of nitrogens with zero attached hydrogens (tertiary/aromatic N) is 2. The van der Waals surface area contributed by atoms with Gasteiger partial charge < -0.3 is 20.3 Å². The van der Waals surface area contributed by atoms with Gasteiger partial charge in [-0.2, -0.15) is 0 Å². The Morgan fingerprint density at radius 3 is 2.88 bits per heavy atom. The Morgan fingerprint density at radius 1 is 1.27 bits per heavy atom. The summed E-state index contributed by atoms with van der Waals surface area (Å²) in [7, 11) is 0. The molecule has 2 N–H and O–H groups in total. The lowest BCUT2D eigenvalue weighted by Crippen LogP contribution is -2.40. The molecule has 1 aliphatic carbocycles. The molecule has 0 unspecified atom stereocenters. The Bertz CT molecular complexity index is 559. The molecule has 2 aliphatic rings. The van der Waals surface area contributed by atoms with Crippen molar-refractivity contribution in [2.45, 2.75) is 58.0 Å². The number of piperidine rings is 1. The molecule has 0 radical (unpaired) electrons. The minimum absolute atomic E-state index is 0.120. The summed E-state index contributed by atoms with van der Waals surface area (Å²) in [5, 5.41) is 5.82. The molecule has 1 aromatic rings. The number of rotatable bonds is 9. The van der Waals surface area contributed by atoms with E-state index < -0.39 is 0 Å². The number of carbonyl (C=O) groups excluding carboxylic acids is 1. The van der Waals surface area contributed by atoms with Gasteiger partial charge >= 0.3 is 6.03 Å². The van der Waals surface area contributed by atoms with Gasteiger partial charge in [0.15, 0.2) is 0 Å². The van der Waals surface area contributed by atoms with Crippen molar-refractivity contribution in [3.05, 3.63) is 23.9 Å². The predicted molar refractivity (Wildman–Crippen MR) is 102 cm³/mol. The molecule has 2 amide bonds. The molecule has 6 nitrogen and oxygen atoms in total. The van der Waals surface area contributed by atoms with Crippen LogP contribution in [0.4, 0.5) is 4.79 Å². The molecular formula is C20H32N4O2. The highest BCUT2D eigenvalue weighted by atomic mass is 16.5. The molecule has 2 fully saturated rings. The molecule has 2 heterocycles. The van der Waals surface area contributed by atoms with E-state index in [1.54, 1.807) is 6.20 Å². The zero-order valence-electron chi connectivity index (χ0n) is 15.9. The third-order valence-corrected chi connectivity index (χ3v) is 5.26. The molecule has 144 valence electrons. The average Bonchev–Trinajstić information content (AvgIpc) is 3.48. The lowest BCUT2D eigenvalue weighted by molar-refractivity contribution is 0.159. The topological polar surface area (TPSA) is 66.5 Å². The van der Waals surface area contributed by atoms with Crippen LogP contribution in [0.25, 0.3) is 0 Å². The largest absolute Gasteiger partial charge is 0.477 e. The fourth-order valence-electron chi connectivity index (χ4n) is 3.31. The first-order valence-corrected chi connectivity index (χ1v) is 10.0. The second-order valence-corrected chi connectivity index (χ2v) is 7.60. The van der Waals surface area contributed by atoms with Crippen LogP contribution in [0.1, 0.15) is 51.0 Å². The summed E-state index contributed by atoms with van der Waals surface area (Å²) >= 11 is 0. The van der Waals surface area contributed by atoms with E-state index in [1.807, 2.05) is 12.1 Å². The number of hydrogen-bond donors (Lipinski definition) is 2. The highest BCUT2D eigenvalue weighted by Gasteiger charge is 2.22. The molecule has 6 heteroatoms. The number of hydrogen-bond acceptors (Lipinski definition) is 4. The predicted octanol–water partition coefficient (Wildman–Crippen LogP) is 2.93. The van der Waals surface area contributed by atoms with Gasteiger partial charge in [0, 0.05) is 37.9 Å². The van der Waals surface area contributed by atoms with Crippen LogP contribution in [0, 0.1) is 5.92 Å². The Hall–Kier alpha value is -1.82. The molecule has 1 saturated carbocycles. The molecule has 26 heavy (non-hydrogen) atoms. The molecule has 0 aromatic carbocycles. The number of likely N-dealkylation sites (tertiary alicyclic amines) is 1. The van der Waals surface area contributed by atoms with E-state index >= 15 is 0 Å². The maximum atomic E-state index is 11.9. The van der Waals surface area contributed by atoms with E-state index in [2.05, 4.69) is 27.4 Å². The normalized spacial score (nSPS) is 20.6. The number of urea groups is 1. The van der Waals surface area contributed by atoms with Gasteiger partial charge in [-0.25, -0.2) is 9.78 Å². The van der Waals surface area contributed by atoms with Gasteiger partial charge in [-0.15, -0.1) is 0 Å². The highest BCUT2D eigenvalue weighted by molar-refractivity contribution is 5.73. The molecule has 1 aromatic heterocycles. The fourth-order valence-corrected chi connectivity index (χ4v) is 3.31.